The molecule has 1 saturated heterocycles. The number of hydrogen-bond acceptors (Lipinski definition) is 3. The van der Waals surface area contributed by atoms with Crippen LogP contribution in [0.2, 0.25) is 0 Å². The number of hydrogen-bond donors (Lipinski definition) is 2. The molecule has 2 N–H and O–H groups in total. The number of carbonyl (C=O) groups is 1. The minimum Gasteiger partial charge on any atom is -0.481 e. The molecule has 0 aromatic heterocycles. The van der Waals surface area contributed by atoms with Crippen LogP contribution in [0.4, 0.5) is 0 Å². The van der Waals surface area contributed by atoms with Crippen molar-refractivity contribution in [3.63, 3.8) is 0 Å². The van der Waals surface area contributed by atoms with Gasteiger partial charge in [0, 0.05) is 24.6 Å². The van der Waals surface area contributed by atoms with Crippen molar-refractivity contribution in [2.24, 2.45) is 0 Å². The van der Waals surface area contributed by atoms with Crippen LogP contribution in [0.25, 0.3) is 0 Å². The molecule has 4 nitrogen and oxygen atoms in total. The van der Waals surface area contributed by atoms with Crippen molar-refractivity contribution in [3.8, 4) is 0 Å². The lowest BCUT2D eigenvalue weighted by molar-refractivity contribution is -0.137. The van der Waals surface area contributed by atoms with Gasteiger partial charge in [-0.3, -0.25) is 4.79 Å². The van der Waals surface area contributed by atoms with Crippen LogP contribution >= 0.6 is 0 Å². The molecule has 1 rings (SSSR count). The van der Waals surface area contributed by atoms with Crippen molar-refractivity contribution >= 4 is 5.97 Å². The minimum absolute atomic E-state index is 0.00206. The molecule has 0 saturated carbocycles. The first kappa shape index (κ1) is 12.5. The van der Waals surface area contributed by atoms with Crippen molar-refractivity contribution in [2.45, 2.75) is 57.7 Å². The van der Waals surface area contributed by atoms with E-state index >= 15 is 0 Å². The largest absolute Gasteiger partial charge is 0.481 e. The monoisotopic (exact) mass is 215 g/mol. The van der Waals surface area contributed by atoms with Gasteiger partial charge in [-0.15, -0.1) is 0 Å². The van der Waals surface area contributed by atoms with E-state index in [9.17, 15) is 4.79 Å². The molecule has 4 heteroatoms. The zero-order valence-electron chi connectivity index (χ0n) is 9.75. The summed E-state index contributed by atoms with van der Waals surface area (Å²) in [5, 5.41) is 12.1. The molecular weight excluding hydrogens is 194 g/mol. The first-order valence-electron chi connectivity index (χ1n) is 5.55. The Morgan fingerprint density at radius 1 is 1.73 bits per heavy atom. The molecule has 15 heavy (non-hydrogen) atoms. The lowest BCUT2D eigenvalue weighted by Gasteiger charge is -2.32. The second-order valence-electron chi connectivity index (χ2n) is 4.66. The first-order chi connectivity index (χ1) is 6.94. The highest BCUT2D eigenvalue weighted by atomic mass is 16.5. The minimum atomic E-state index is -0.732. The van der Waals surface area contributed by atoms with Gasteiger partial charge in [0.2, 0.25) is 0 Å². The van der Waals surface area contributed by atoms with Gasteiger partial charge in [0.1, 0.15) is 0 Å². The highest BCUT2D eigenvalue weighted by molar-refractivity contribution is 5.66. The third-order valence-corrected chi connectivity index (χ3v) is 3.25. The molecule has 0 amide bonds. The first-order valence-corrected chi connectivity index (χ1v) is 5.55. The van der Waals surface area contributed by atoms with Crippen molar-refractivity contribution in [2.75, 3.05) is 6.61 Å². The van der Waals surface area contributed by atoms with Crippen LogP contribution in [0.15, 0.2) is 0 Å². The summed E-state index contributed by atoms with van der Waals surface area (Å²) in [5.74, 6) is -0.732. The van der Waals surface area contributed by atoms with Gasteiger partial charge in [-0.1, -0.05) is 0 Å². The Kier molecular flexibility index (Phi) is 4.11. The maximum atomic E-state index is 10.4. The van der Waals surface area contributed by atoms with Crippen LogP contribution in [-0.4, -0.2) is 35.4 Å². The number of nitrogens with one attached hydrogen (secondary N) is 1. The number of rotatable bonds is 5. The molecular formula is C11H21NO3. The molecule has 0 bridgehead atoms. The smallest absolute Gasteiger partial charge is 0.303 e. The van der Waals surface area contributed by atoms with Gasteiger partial charge in [-0.05, 0) is 33.6 Å². The molecule has 3 atom stereocenters. The normalized spacial score (nSPS) is 32.9. The fraction of sp³-hybridized carbons (Fsp3) is 0.909. The van der Waals surface area contributed by atoms with Gasteiger partial charge in [0.25, 0.3) is 0 Å². The second kappa shape index (κ2) is 4.94. The molecule has 88 valence electrons. The van der Waals surface area contributed by atoms with Crippen molar-refractivity contribution in [3.05, 3.63) is 0 Å². The Morgan fingerprint density at radius 2 is 2.40 bits per heavy atom. The summed E-state index contributed by atoms with van der Waals surface area (Å²) in [5.41, 5.74) is -0.00206. The maximum absolute atomic E-state index is 10.4. The van der Waals surface area contributed by atoms with E-state index in [0.717, 1.165) is 13.0 Å². The molecule has 1 aliphatic rings. The van der Waals surface area contributed by atoms with E-state index in [1.165, 1.54) is 0 Å². The Bertz CT molecular complexity index is 232. The predicted molar refractivity (Wildman–Crippen MR) is 57.9 cm³/mol. The Balaban J connectivity index is 2.36. The summed E-state index contributed by atoms with van der Waals surface area (Å²) in [4.78, 5) is 10.4. The molecule has 0 aliphatic carbocycles. The fourth-order valence-corrected chi connectivity index (χ4v) is 2.00. The lowest BCUT2D eigenvalue weighted by atomic mass is 9.93. The fourth-order valence-electron chi connectivity index (χ4n) is 2.00. The molecule has 1 aliphatic heterocycles. The molecule has 0 aromatic carbocycles. The third kappa shape index (κ3) is 3.47. The van der Waals surface area contributed by atoms with E-state index in [-0.39, 0.29) is 24.1 Å². The second-order valence-corrected chi connectivity index (χ2v) is 4.66. The standard InChI is InChI=1S/C11H21NO3/c1-8(4-5-10(13)14)12-11(3)6-7-15-9(11)2/h8-9,12H,4-7H2,1-3H3,(H,13,14). The molecule has 1 fully saturated rings. The van der Waals surface area contributed by atoms with Gasteiger partial charge < -0.3 is 15.2 Å². The van der Waals surface area contributed by atoms with Gasteiger partial charge in [0.15, 0.2) is 0 Å². The molecule has 3 unspecified atom stereocenters. The van der Waals surface area contributed by atoms with Gasteiger partial charge in [-0.25, -0.2) is 0 Å². The van der Waals surface area contributed by atoms with E-state index in [2.05, 4.69) is 19.2 Å². The number of aliphatic carboxylic acids is 1. The molecule has 0 radical (unpaired) electrons. The lowest BCUT2D eigenvalue weighted by Crippen LogP contribution is -2.51. The Morgan fingerprint density at radius 3 is 2.87 bits per heavy atom. The molecule has 0 aromatic rings. The van der Waals surface area contributed by atoms with Crippen LogP contribution in [0, 0.1) is 0 Å². The highest BCUT2D eigenvalue weighted by Gasteiger charge is 2.37. The van der Waals surface area contributed by atoms with Crippen LogP contribution in [-0.2, 0) is 9.53 Å². The molecule has 1 heterocycles. The van der Waals surface area contributed by atoms with Crippen molar-refractivity contribution < 1.29 is 14.6 Å². The zero-order chi connectivity index (χ0) is 11.5. The summed E-state index contributed by atoms with van der Waals surface area (Å²) in [6.45, 7) is 7.02. The van der Waals surface area contributed by atoms with Gasteiger partial charge >= 0.3 is 5.97 Å². The number of ether oxygens (including phenoxy) is 1. The average Bonchev–Trinajstić information content (AvgIpc) is 2.44. The van der Waals surface area contributed by atoms with Gasteiger partial charge in [-0.2, -0.15) is 0 Å². The van der Waals surface area contributed by atoms with E-state index in [1.54, 1.807) is 0 Å². The van der Waals surface area contributed by atoms with Crippen LogP contribution < -0.4 is 5.32 Å². The van der Waals surface area contributed by atoms with Gasteiger partial charge in [0.05, 0.1) is 6.10 Å². The van der Waals surface area contributed by atoms with Crippen molar-refractivity contribution in [1.29, 1.82) is 0 Å². The van der Waals surface area contributed by atoms with E-state index in [1.807, 2.05) is 6.92 Å². The SMILES string of the molecule is CC(CCC(=O)O)NC1(C)CCOC1C. The zero-order valence-corrected chi connectivity index (χ0v) is 9.75. The van der Waals surface area contributed by atoms with E-state index < -0.39 is 5.97 Å². The third-order valence-electron chi connectivity index (χ3n) is 3.25. The summed E-state index contributed by atoms with van der Waals surface area (Å²) >= 11 is 0. The summed E-state index contributed by atoms with van der Waals surface area (Å²) in [7, 11) is 0. The summed E-state index contributed by atoms with van der Waals surface area (Å²) < 4.78 is 5.52. The Labute approximate surface area is 91.0 Å². The van der Waals surface area contributed by atoms with E-state index in [0.29, 0.717) is 6.42 Å². The quantitative estimate of drug-likeness (QED) is 0.727. The average molecular weight is 215 g/mol. The highest BCUT2D eigenvalue weighted by Crippen LogP contribution is 2.26. The van der Waals surface area contributed by atoms with Crippen LogP contribution in [0.5, 0.6) is 0 Å². The molecule has 0 spiro atoms. The van der Waals surface area contributed by atoms with Crippen molar-refractivity contribution in [1.82, 2.24) is 5.32 Å². The summed E-state index contributed by atoms with van der Waals surface area (Å²) in [6.07, 6.45) is 2.08. The van der Waals surface area contributed by atoms with E-state index in [4.69, 9.17) is 9.84 Å². The number of carboxylic acid groups (broad SMARTS) is 1. The summed E-state index contributed by atoms with van der Waals surface area (Å²) in [6, 6.07) is 0.218. The predicted octanol–water partition coefficient (Wildman–Crippen LogP) is 1.40. The van der Waals surface area contributed by atoms with Crippen LogP contribution in [0.3, 0.4) is 0 Å². The number of carboxylic acids is 1. The Hall–Kier alpha value is -0.610. The van der Waals surface area contributed by atoms with Crippen LogP contribution in [0.1, 0.15) is 40.0 Å². The topological polar surface area (TPSA) is 58.6 Å². The maximum Gasteiger partial charge on any atom is 0.303 e.